The van der Waals surface area contributed by atoms with Gasteiger partial charge in [0.25, 0.3) is 0 Å². The predicted molar refractivity (Wildman–Crippen MR) is 67.2 cm³/mol. The summed E-state index contributed by atoms with van der Waals surface area (Å²) in [5.41, 5.74) is 0.622. The summed E-state index contributed by atoms with van der Waals surface area (Å²) < 4.78 is 1.73. The molecule has 5 nitrogen and oxygen atoms in total. The van der Waals surface area contributed by atoms with Gasteiger partial charge in [-0.15, -0.1) is 0 Å². The summed E-state index contributed by atoms with van der Waals surface area (Å²) in [5.74, 6) is 0.209. The van der Waals surface area contributed by atoms with E-state index in [2.05, 4.69) is 10.3 Å². The molecule has 3 rings (SSSR count). The number of hydrogen-bond donors (Lipinski definition) is 2. The van der Waals surface area contributed by atoms with Crippen molar-refractivity contribution in [2.75, 3.05) is 13.1 Å². The highest BCUT2D eigenvalue weighted by Gasteiger charge is 2.23. The Morgan fingerprint density at radius 1 is 1.56 bits per heavy atom. The van der Waals surface area contributed by atoms with Crippen LogP contribution in [0.15, 0.2) is 18.2 Å². The molecule has 1 aliphatic heterocycles. The summed E-state index contributed by atoms with van der Waals surface area (Å²) in [4.78, 5) is 15.4. The second-order valence-corrected chi connectivity index (χ2v) is 4.87. The third-order valence-corrected chi connectivity index (χ3v) is 3.52. The summed E-state index contributed by atoms with van der Waals surface area (Å²) >= 11 is 6.14. The average Bonchev–Trinajstić information content (AvgIpc) is 2.64. The topological polar surface area (TPSA) is 66.6 Å². The molecule has 1 fully saturated rings. The molecule has 94 valence electrons. The number of rotatable bonds is 3. The molecule has 0 spiro atoms. The Morgan fingerprint density at radius 3 is 2.94 bits per heavy atom. The minimum Gasteiger partial charge on any atom is -0.476 e. The number of nitrogens with zero attached hydrogens (tertiary/aromatic N) is 2. The number of carboxylic acids is 1. The first-order chi connectivity index (χ1) is 8.66. The van der Waals surface area contributed by atoms with E-state index in [0.29, 0.717) is 16.6 Å². The van der Waals surface area contributed by atoms with E-state index in [1.807, 2.05) is 0 Å². The zero-order valence-electron chi connectivity index (χ0n) is 9.56. The van der Waals surface area contributed by atoms with Crippen LogP contribution in [0.2, 0.25) is 5.15 Å². The van der Waals surface area contributed by atoms with Gasteiger partial charge >= 0.3 is 5.97 Å². The monoisotopic (exact) mass is 265 g/mol. The number of aromatic carboxylic acids is 1. The highest BCUT2D eigenvalue weighted by molar-refractivity contribution is 6.29. The highest BCUT2D eigenvalue weighted by atomic mass is 35.5. The Hall–Kier alpha value is -1.59. The predicted octanol–water partition coefficient (Wildman–Crippen LogP) is 1.45. The van der Waals surface area contributed by atoms with Crippen LogP contribution in [0, 0.1) is 5.92 Å². The molecule has 1 aliphatic rings. The van der Waals surface area contributed by atoms with E-state index in [-0.39, 0.29) is 5.69 Å². The summed E-state index contributed by atoms with van der Waals surface area (Å²) in [6, 6.07) is 5.20. The number of imidazole rings is 1. The molecule has 0 amide bonds. The fourth-order valence-electron chi connectivity index (χ4n) is 2.21. The lowest BCUT2D eigenvalue weighted by molar-refractivity contribution is 0.0693. The largest absolute Gasteiger partial charge is 0.476 e. The van der Waals surface area contributed by atoms with Crippen molar-refractivity contribution in [2.24, 2.45) is 5.92 Å². The van der Waals surface area contributed by atoms with Crippen LogP contribution in [0.4, 0.5) is 0 Å². The van der Waals surface area contributed by atoms with Crippen LogP contribution in [0.3, 0.4) is 0 Å². The zero-order valence-corrected chi connectivity index (χ0v) is 10.3. The highest BCUT2D eigenvalue weighted by Crippen LogP contribution is 2.22. The molecule has 0 unspecified atom stereocenters. The van der Waals surface area contributed by atoms with Crippen LogP contribution in [-0.4, -0.2) is 33.6 Å². The van der Waals surface area contributed by atoms with Gasteiger partial charge in [0.05, 0.1) is 5.52 Å². The summed E-state index contributed by atoms with van der Waals surface area (Å²) in [6.07, 6.45) is 0.741. The average molecular weight is 266 g/mol. The maximum atomic E-state index is 11.2. The Bertz CT molecular complexity index is 619. The van der Waals surface area contributed by atoms with Crippen molar-refractivity contribution in [1.82, 2.24) is 14.7 Å². The molecule has 18 heavy (non-hydrogen) atoms. The number of halogens is 1. The number of nitrogens with one attached hydrogen (secondary N) is 1. The van der Waals surface area contributed by atoms with Crippen molar-refractivity contribution in [3.05, 3.63) is 34.9 Å². The molecule has 2 N–H and O–H groups in total. The minimum absolute atomic E-state index is 0.0692. The van der Waals surface area contributed by atoms with E-state index >= 15 is 0 Å². The van der Waals surface area contributed by atoms with Gasteiger partial charge in [0.15, 0.2) is 5.69 Å². The van der Waals surface area contributed by atoms with E-state index in [1.54, 1.807) is 22.6 Å². The maximum Gasteiger partial charge on any atom is 0.356 e. The lowest BCUT2D eigenvalue weighted by Crippen LogP contribution is -2.43. The Labute approximate surface area is 108 Å². The molecule has 1 saturated heterocycles. The SMILES string of the molecule is O=C(O)c1nc(CC2CNC2)n2c(Cl)cccc12. The maximum absolute atomic E-state index is 11.2. The van der Waals surface area contributed by atoms with Gasteiger partial charge in [-0.3, -0.25) is 4.40 Å². The molecule has 6 heteroatoms. The standard InChI is InChI=1S/C12H12ClN3O2/c13-9-3-1-2-8-11(12(17)18)15-10(16(8)9)4-7-5-14-6-7/h1-3,7,14H,4-6H2,(H,17,18). The van der Waals surface area contributed by atoms with Crippen LogP contribution >= 0.6 is 11.6 Å². The van der Waals surface area contributed by atoms with Crippen molar-refractivity contribution in [1.29, 1.82) is 0 Å². The Balaban J connectivity index is 2.14. The fourth-order valence-corrected chi connectivity index (χ4v) is 2.47. The number of fused-ring (bicyclic) bond motifs is 1. The fraction of sp³-hybridized carbons (Fsp3) is 0.333. The van der Waals surface area contributed by atoms with E-state index in [1.165, 1.54) is 0 Å². The number of carbonyl (C=O) groups is 1. The lowest BCUT2D eigenvalue weighted by Gasteiger charge is -2.26. The molecular weight excluding hydrogens is 254 g/mol. The summed E-state index contributed by atoms with van der Waals surface area (Å²) in [5, 5.41) is 12.8. The molecular formula is C12H12ClN3O2. The molecule has 0 radical (unpaired) electrons. The second-order valence-electron chi connectivity index (χ2n) is 4.48. The van der Waals surface area contributed by atoms with E-state index in [9.17, 15) is 4.79 Å². The molecule has 0 aliphatic carbocycles. The Morgan fingerprint density at radius 2 is 2.33 bits per heavy atom. The third-order valence-electron chi connectivity index (χ3n) is 3.22. The second kappa shape index (κ2) is 4.26. The normalized spacial score (nSPS) is 15.8. The first-order valence-corrected chi connectivity index (χ1v) is 6.14. The van der Waals surface area contributed by atoms with Gasteiger partial charge in [0.2, 0.25) is 0 Å². The minimum atomic E-state index is -1.02. The van der Waals surface area contributed by atoms with Gasteiger partial charge < -0.3 is 10.4 Å². The smallest absolute Gasteiger partial charge is 0.356 e. The first-order valence-electron chi connectivity index (χ1n) is 5.76. The molecule has 0 atom stereocenters. The summed E-state index contributed by atoms with van der Waals surface area (Å²) in [7, 11) is 0. The zero-order chi connectivity index (χ0) is 12.7. The van der Waals surface area contributed by atoms with Crippen molar-refractivity contribution >= 4 is 23.1 Å². The van der Waals surface area contributed by atoms with Gasteiger partial charge in [-0.05, 0) is 31.1 Å². The van der Waals surface area contributed by atoms with Crippen LogP contribution in [-0.2, 0) is 6.42 Å². The van der Waals surface area contributed by atoms with Crippen molar-refractivity contribution < 1.29 is 9.90 Å². The third kappa shape index (κ3) is 1.76. The lowest BCUT2D eigenvalue weighted by atomic mass is 9.99. The number of hydrogen-bond acceptors (Lipinski definition) is 3. The first kappa shape index (κ1) is 11.5. The molecule has 2 aromatic heterocycles. The number of pyridine rings is 1. The molecule has 3 heterocycles. The quantitative estimate of drug-likeness (QED) is 0.825. The van der Waals surface area contributed by atoms with Gasteiger partial charge in [0, 0.05) is 6.42 Å². The number of carboxylic acid groups (broad SMARTS) is 1. The molecule has 0 saturated carbocycles. The van der Waals surface area contributed by atoms with Gasteiger partial charge in [-0.25, -0.2) is 9.78 Å². The van der Waals surface area contributed by atoms with Gasteiger partial charge in [-0.2, -0.15) is 0 Å². The van der Waals surface area contributed by atoms with Crippen LogP contribution < -0.4 is 5.32 Å². The van der Waals surface area contributed by atoms with E-state index < -0.39 is 5.97 Å². The molecule has 0 bridgehead atoms. The van der Waals surface area contributed by atoms with Gasteiger partial charge in [-0.1, -0.05) is 17.7 Å². The van der Waals surface area contributed by atoms with Crippen LogP contribution in [0.5, 0.6) is 0 Å². The van der Waals surface area contributed by atoms with Crippen molar-refractivity contribution in [2.45, 2.75) is 6.42 Å². The van der Waals surface area contributed by atoms with E-state index in [0.717, 1.165) is 25.3 Å². The Kier molecular flexibility index (Phi) is 2.72. The van der Waals surface area contributed by atoms with Gasteiger partial charge in [0.1, 0.15) is 11.0 Å². The van der Waals surface area contributed by atoms with Crippen LogP contribution in [0.1, 0.15) is 16.3 Å². The van der Waals surface area contributed by atoms with E-state index in [4.69, 9.17) is 16.7 Å². The summed E-state index contributed by atoms with van der Waals surface area (Å²) in [6.45, 7) is 1.89. The van der Waals surface area contributed by atoms with Crippen molar-refractivity contribution in [3.63, 3.8) is 0 Å². The molecule has 0 aromatic carbocycles. The van der Waals surface area contributed by atoms with Crippen molar-refractivity contribution in [3.8, 4) is 0 Å². The van der Waals surface area contributed by atoms with Crippen LogP contribution in [0.25, 0.3) is 5.52 Å². The number of aromatic nitrogens is 2. The molecule has 2 aromatic rings.